The van der Waals surface area contributed by atoms with Crippen molar-refractivity contribution in [2.45, 2.75) is 25.5 Å². The molecule has 1 amide bonds. The van der Waals surface area contributed by atoms with Gasteiger partial charge in [-0.3, -0.25) is 4.79 Å². The van der Waals surface area contributed by atoms with Gasteiger partial charge in [0.05, 0.1) is 6.33 Å². The first-order valence-electron chi connectivity index (χ1n) is 8.35. The van der Waals surface area contributed by atoms with E-state index in [9.17, 15) is 4.79 Å². The SMILES string of the molecule is O=C(Cn1ccnc1)N1C[C@@H]2CC[C@H](Oc3ccc(Cl)cc3)[C@@H]2C1. The van der Waals surface area contributed by atoms with E-state index in [4.69, 9.17) is 16.3 Å². The standard InChI is InChI=1S/C18H20ClN3O2/c19-14-2-4-15(5-3-14)24-17-6-1-13-9-22(10-16(13)17)18(23)11-21-8-7-20-12-21/h2-5,7-8,12-13,16-17H,1,6,9-11H2/t13-,16+,17-/m0/s1. The van der Waals surface area contributed by atoms with Crippen molar-refractivity contribution in [3.63, 3.8) is 0 Å². The number of carbonyl (C=O) groups is 1. The van der Waals surface area contributed by atoms with Gasteiger partial charge in [-0.15, -0.1) is 0 Å². The van der Waals surface area contributed by atoms with Crippen LogP contribution in [0.2, 0.25) is 5.02 Å². The Labute approximate surface area is 146 Å². The molecule has 0 spiro atoms. The molecule has 3 atom stereocenters. The second-order valence-corrected chi connectivity index (χ2v) is 7.08. The third-order valence-electron chi connectivity index (χ3n) is 5.12. The number of ether oxygens (including phenoxy) is 1. The van der Waals surface area contributed by atoms with Gasteiger partial charge in [0.25, 0.3) is 0 Å². The molecule has 2 heterocycles. The number of imidazole rings is 1. The molecule has 2 aliphatic rings. The molecule has 126 valence electrons. The zero-order chi connectivity index (χ0) is 16.5. The van der Waals surface area contributed by atoms with Crippen molar-refractivity contribution in [3.05, 3.63) is 48.0 Å². The molecule has 0 radical (unpaired) electrons. The second kappa shape index (κ2) is 6.48. The van der Waals surface area contributed by atoms with Crippen LogP contribution in [0.15, 0.2) is 43.0 Å². The number of carbonyl (C=O) groups excluding carboxylic acids is 1. The lowest BCUT2D eigenvalue weighted by Crippen LogP contribution is -2.34. The number of rotatable bonds is 4. The monoisotopic (exact) mass is 345 g/mol. The number of amides is 1. The Morgan fingerprint density at radius 2 is 2.08 bits per heavy atom. The zero-order valence-corrected chi connectivity index (χ0v) is 14.1. The number of likely N-dealkylation sites (tertiary alicyclic amines) is 1. The van der Waals surface area contributed by atoms with Gasteiger partial charge in [0.15, 0.2) is 0 Å². The third kappa shape index (κ3) is 3.13. The second-order valence-electron chi connectivity index (χ2n) is 6.65. The molecule has 1 aliphatic heterocycles. The van der Waals surface area contributed by atoms with E-state index in [0.717, 1.165) is 31.7 Å². The molecule has 4 rings (SSSR count). The summed E-state index contributed by atoms with van der Waals surface area (Å²) in [5.74, 6) is 1.99. The molecule has 1 aromatic heterocycles. The average Bonchev–Trinajstić information content (AvgIpc) is 3.28. The van der Waals surface area contributed by atoms with Crippen LogP contribution in [-0.2, 0) is 11.3 Å². The van der Waals surface area contributed by atoms with Crippen LogP contribution in [0.5, 0.6) is 5.75 Å². The van der Waals surface area contributed by atoms with E-state index in [2.05, 4.69) is 4.98 Å². The highest BCUT2D eigenvalue weighted by Gasteiger charge is 2.45. The van der Waals surface area contributed by atoms with Gasteiger partial charge in [-0.2, -0.15) is 0 Å². The Balaban J connectivity index is 1.37. The fourth-order valence-corrected chi connectivity index (χ4v) is 4.02. The van der Waals surface area contributed by atoms with Gasteiger partial charge in [0.2, 0.25) is 5.91 Å². The number of fused-ring (bicyclic) bond motifs is 1. The van der Waals surface area contributed by atoms with Crippen molar-refractivity contribution in [1.29, 1.82) is 0 Å². The molecule has 1 aliphatic carbocycles. The summed E-state index contributed by atoms with van der Waals surface area (Å²) < 4.78 is 7.98. The van der Waals surface area contributed by atoms with Gasteiger partial charge in [-0.1, -0.05) is 11.6 Å². The van der Waals surface area contributed by atoms with Gasteiger partial charge in [0.1, 0.15) is 18.4 Å². The fourth-order valence-electron chi connectivity index (χ4n) is 3.89. The highest BCUT2D eigenvalue weighted by molar-refractivity contribution is 6.30. The first-order valence-corrected chi connectivity index (χ1v) is 8.72. The molecule has 1 aromatic carbocycles. The molecule has 24 heavy (non-hydrogen) atoms. The molecule has 2 aromatic rings. The van der Waals surface area contributed by atoms with Crippen molar-refractivity contribution >= 4 is 17.5 Å². The third-order valence-corrected chi connectivity index (χ3v) is 5.37. The van der Waals surface area contributed by atoms with Crippen molar-refractivity contribution < 1.29 is 9.53 Å². The van der Waals surface area contributed by atoms with Crippen molar-refractivity contribution in [2.75, 3.05) is 13.1 Å². The van der Waals surface area contributed by atoms with E-state index < -0.39 is 0 Å². The van der Waals surface area contributed by atoms with Gasteiger partial charge in [-0.25, -0.2) is 4.98 Å². The predicted octanol–water partition coefficient (Wildman–Crippen LogP) is 2.85. The summed E-state index contributed by atoms with van der Waals surface area (Å²) in [5.41, 5.74) is 0. The van der Waals surface area contributed by atoms with Crippen LogP contribution in [0.4, 0.5) is 0 Å². The molecule has 2 fully saturated rings. The van der Waals surface area contributed by atoms with Crippen LogP contribution < -0.4 is 4.74 Å². The summed E-state index contributed by atoms with van der Waals surface area (Å²) in [7, 11) is 0. The van der Waals surface area contributed by atoms with Crippen LogP contribution in [0.1, 0.15) is 12.8 Å². The lowest BCUT2D eigenvalue weighted by atomic mass is 9.99. The average molecular weight is 346 g/mol. The van der Waals surface area contributed by atoms with Gasteiger partial charge in [-0.05, 0) is 43.0 Å². The summed E-state index contributed by atoms with van der Waals surface area (Å²) in [6.45, 7) is 2.00. The van der Waals surface area contributed by atoms with E-state index in [0.29, 0.717) is 23.4 Å². The molecular weight excluding hydrogens is 326 g/mol. The Hall–Kier alpha value is -2.01. The predicted molar refractivity (Wildman–Crippen MR) is 90.9 cm³/mol. The van der Waals surface area contributed by atoms with E-state index in [1.165, 1.54) is 0 Å². The molecule has 1 saturated carbocycles. The smallest absolute Gasteiger partial charge is 0.242 e. The number of aromatic nitrogens is 2. The molecule has 0 unspecified atom stereocenters. The van der Waals surface area contributed by atoms with E-state index in [-0.39, 0.29) is 12.0 Å². The topological polar surface area (TPSA) is 47.4 Å². The number of nitrogens with zero attached hydrogens (tertiary/aromatic N) is 3. The molecule has 5 nitrogen and oxygen atoms in total. The normalized spacial score (nSPS) is 25.7. The molecular formula is C18H20ClN3O2. The van der Waals surface area contributed by atoms with Crippen molar-refractivity contribution in [1.82, 2.24) is 14.5 Å². The number of benzene rings is 1. The quantitative estimate of drug-likeness (QED) is 0.856. The lowest BCUT2D eigenvalue weighted by molar-refractivity contribution is -0.131. The minimum Gasteiger partial charge on any atom is -0.490 e. The van der Waals surface area contributed by atoms with Gasteiger partial charge < -0.3 is 14.2 Å². The van der Waals surface area contributed by atoms with E-state index in [1.807, 2.05) is 39.9 Å². The Morgan fingerprint density at radius 3 is 2.83 bits per heavy atom. The van der Waals surface area contributed by atoms with Crippen molar-refractivity contribution in [2.24, 2.45) is 11.8 Å². The van der Waals surface area contributed by atoms with Crippen LogP contribution in [0.25, 0.3) is 0 Å². The maximum Gasteiger partial charge on any atom is 0.242 e. The Kier molecular flexibility index (Phi) is 4.19. The number of hydrogen-bond acceptors (Lipinski definition) is 3. The summed E-state index contributed by atoms with van der Waals surface area (Å²) >= 11 is 5.92. The minimum absolute atomic E-state index is 0.160. The molecule has 1 saturated heterocycles. The number of halogens is 1. The van der Waals surface area contributed by atoms with E-state index in [1.54, 1.807) is 12.5 Å². The maximum absolute atomic E-state index is 12.5. The first-order chi connectivity index (χ1) is 11.7. The highest BCUT2D eigenvalue weighted by atomic mass is 35.5. The van der Waals surface area contributed by atoms with Crippen molar-refractivity contribution in [3.8, 4) is 5.75 Å². The Bertz CT molecular complexity index is 702. The van der Waals surface area contributed by atoms with Crippen LogP contribution in [-0.4, -0.2) is 39.6 Å². The largest absolute Gasteiger partial charge is 0.490 e. The minimum atomic E-state index is 0.160. The van der Waals surface area contributed by atoms with E-state index >= 15 is 0 Å². The highest BCUT2D eigenvalue weighted by Crippen LogP contribution is 2.40. The fraction of sp³-hybridized carbons (Fsp3) is 0.444. The maximum atomic E-state index is 12.5. The molecule has 6 heteroatoms. The lowest BCUT2D eigenvalue weighted by Gasteiger charge is -2.22. The Morgan fingerprint density at radius 1 is 1.25 bits per heavy atom. The number of hydrogen-bond donors (Lipinski definition) is 0. The van der Waals surface area contributed by atoms with Crippen LogP contribution >= 0.6 is 11.6 Å². The molecule has 0 bridgehead atoms. The summed E-state index contributed by atoms with van der Waals surface area (Å²) in [4.78, 5) is 18.4. The van der Waals surface area contributed by atoms with Crippen LogP contribution in [0, 0.1) is 11.8 Å². The zero-order valence-electron chi connectivity index (χ0n) is 13.3. The first kappa shape index (κ1) is 15.5. The summed E-state index contributed by atoms with van der Waals surface area (Å²) in [5, 5.41) is 0.712. The summed E-state index contributed by atoms with van der Waals surface area (Å²) in [6, 6.07) is 7.51. The van der Waals surface area contributed by atoms with Gasteiger partial charge >= 0.3 is 0 Å². The van der Waals surface area contributed by atoms with Gasteiger partial charge in [0, 0.05) is 36.4 Å². The van der Waals surface area contributed by atoms with Crippen LogP contribution in [0.3, 0.4) is 0 Å². The molecule has 0 N–H and O–H groups in total. The summed E-state index contributed by atoms with van der Waals surface area (Å²) in [6.07, 6.45) is 7.56.